The molecular formula is C12H16BrN. The predicted molar refractivity (Wildman–Crippen MR) is 63.6 cm³/mol. The van der Waals surface area contributed by atoms with E-state index in [0.717, 1.165) is 6.54 Å². The maximum Gasteiger partial charge on any atom is 0.0178 e. The van der Waals surface area contributed by atoms with Crippen molar-refractivity contribution >= 4 is 15.9 Å². The lowest BCUT2D eigenvalue weighted by molar-refractivity contribution is 0.470. The first-order chi connectivity index (χ1) is 6.79. The second kappa shape index (κ2) is 4.45. The Kier molecular flexibility index (Phi) is 3.24. The molecule has 0 saturated carbocycles. The van der Waals surface area contributed by atoms with Gasteiger partial charge in [0.2, 0.25) is 0 Å². The molecular weight excluding hydrogens is 238 g/mol. The van der Waals surface area contributed by atoms with Crippen molar-refractivity contribution in [1.29, 1.82) is 0 Å². The minimum Gasteiger partial charge on any atom is -0.314 e. The summed E-state index contributed by atoms with van der Waals surface area (Å²) >= 11 is 3.52. The summed E-state index contributed by atoms with van der Waals surface area (Å²) in [6.07, 6.45) is 3.68. The number of fused-ring (bicyclic) bond motifs is 1. The summed E-state index contributed by atoms with van der Waals surface area (Å²) in [5.41, 5.74) is 3.04. The Bertz CT molecular complexity index is 322. The number of benzene rings is 1. The molecule has 2 rings (SSSR count). The Balaban J connectivity index is 2.15. The van der Waals surface area contributed by atoms with Crippen LogP contribution in [0.2, 0.25) is 0 Å². The van der Waals surface area contributed by atoms with Crippen LogP contribution in [0.5, 0.6) is 0 Å². The highest BCUT2D eigenvalue weighted by Gasteiger charge is 2.17. The lowest BCUT2D eigenvalue weighted by Crippen LogP contribution is -2.34. The SMILES string of the molecule is CCNC1CCc2cc(Br)ccc2C1. The van der Waals surface area contributed by atoms with Crippen molar-refractivity contribution in [3.05, 3.63) is 33.8 Å². The zero-order valence-corrected chi connectivity index (χ0v) is 10.1. The van der Waals surface area contributed by atoms with E-state index in [0.29, 0.717) is 6.04 Å². The molecule has 1 N–H and O–H groups in total. The third-order valence-electron chi connectivity index (χ3n) is 2.89. The molecule has 1 aliphatic carbocycles. The normalized spacial score (nSPS) is 20.6. The first-order valence-electron chi connectivity index (χ1n) is 5.30. The van der Waals surface area contributed by atoms with E-state index in [1.165, 1.54) is 34.9 Å². The zero-order chi connectivity index (χ0) is 9.97. The lowest BCUT2D eigenvalue weighted by Gasteiger charge is -2.25. The largest absolute Gasteiger partial charge is 0.314 e. The van der Waals surface area contributed by atoms with Gasteiger partial charge in [-0.05, 0) is 49.1 Å². The van der Waals surface area contributed by atoms with E-state index in [9.17, 15) is 0 Å². The molecule has 1 aromatic carbocycles. The standard InChI is InChI=1S/C12H16BrN/c1-2-14-12-6-4-9-7-11(13)5-3-10(9)8-12/h3,5,7,12,14H,2,4,6,8H2,1H3. The molecule has 0 radical (unpaired) electrons. The summed E-state index contributed by atoms with van der Waals surface area (Å²) in [5.74, 6) is 0. The van der Waals surface area contributed by atoms with Gasteiger partial charge in [0.1, 0.15) is 0 Å². The quantitative estimate of drug-likeness (QED) is 0.855. The van der Waals surface area contributed by atoms with E-state index in [4.69, 9.17) is 0 Å². The first-order valence-corrected chi connectivity index (χ1v) is 6.09. The molecule has 1 aromatic rings. The number of rotatable bonds is 2. The second-order valence-corrected chi connectivity index (χ2v) is 4.83. The average Bonchev–Trinajstić information content (AvgIpc) is 2.19. The summed E-state index contributed by atoms with van der Waals surface area (Å²) in [4.78, 5) is 0. The summed E-state index contributed by atoms with van der Waals surface area (Å²) in [6.45, 7) is 3.26. The Morgan fingerprint density at radius 2 is 2.29 bits per heavy atom. The molecule has 1 unspecified atom stereocenters. The summed E-state index contributed by atoms with van der Waals surface area (Å²) in [6, 6.07) is 7.35. The molecule has 0 fully saturated rings. The molecule has 0 bridgehead atoms. The van der Waals surface area contributed by atoms with Crippen LogP contribution < -0.4 is 5.32 Å². The highest BCUT2D eigenvalue weighted by molar-refractivity contribution is 9.10. The van der Waals surface area contributed by atoms with E-state index in [-0.39, 0.29) is 0 Å². The topological polar surface area (TPSA) is 12.0 Å². The number of likely N-dealkylation sites (N-methyl/N-ethyl adjacent to an activating group) is 1. The molecule has 0 aromatic heterocycles. The number of aryl methyl sites for hydroxylation is 1. The minimum atomic E-state index is 0.689. The first kappa shape index (κ1) is 10.2. The number of hydrogen-bond acceptors (Lipinski definition) is 1. The Morgan fingerprint density at radius 3 is 3.07 bits per heavy atom. The average molecular weight is 254 g/mol. The van der Waals surface area contributed by atoms with Gasteiger partial charge >= 0.3 is 0 Å². The molecule has 0 spiro atoms. The third-order valence-corrected chi connectivity index (χ3v) is 3.38. The molecule has 14 heavy (non-hydrogen) atoms. The monoisotopic (exact) mass is 253 g/mol. The number of hydrogen-bond donors (Lipinski definition) is 1. The summed E-state index contributed by atoms with van der Waals surface area (Å²) < 4.78 is 1.21. The van der Waals surface area contributed by atoms with E-state index in [1.807, 2.05) is 0 Å². The Hall–Kier alpha value is -0.340. The van der Waals surface area contributed by atoms with E-state index >= 15 is 0 Å². The molecule has 2 heteroatoms. The Morgan fingerprint density at radius 1 is 1.43 bits per heavy atom. The van der Waals surface area contributed by atoms with Gasteiger partial charge in [0, 0.05) is 10.5 Å². The van der Waals surface area contributed by atoms with Gasteiger partial charge in [-0.25, -0.2) is 0 Å². The highest BCUT2D eigenvalue weighted by atomic mass is 79.9. The van der Waals surface area contributed by atoms with Gasteiger partial charge in [-0.1, -0.05) is 28.9 Å². The van der Waals surface area contributed by atoms with Crippen molar-refractivity contribution in [3.8, 4) is 0 Å². The minimum absolute atomic E-state index is 0.689. The molecule has 0 heterocycles. The molecule has 0 aliphatic heterocycles. The molecule has 1 aliphatic rings. The van der Waals surface area contributed by atoms with Crippen molar-refractivity contribution in [2.45, 2.75) is 32.2 Å². The third kappa shape index (κ3) is 2.18. The van der Waals surface area contributed by atoms with Gasteiger partial charge in [0.15, 0.2) is 0 Å². The van der Waals surface area contributed by atoms with Crippen LogP contribution in [-0.2, 0) is 12.8 Å². The lowest BCUT2D eigenvalue weighted by atomic mass is 9.88. The van der Waals surface area contributed by atoms with Crippen LogP contribution in [0.1, 0.15) is 24.5 Å². The maximum atomic E-state index is 3.53. The molecule has 1 nitrogen and oxygen atoms in total. The van der Waals surface area contributed by atoms with Crippen molar-refractivity contribution in [2.24, 2.45) is 0 Å². The molecule has 76 valence electrons. The maximum absolute atomic E-state index is 3.53. The fourth-order valence-corrected chi connectivity index (χ4v) is 2.60. The summed E-state index contributed by atoms with van der Waals surface area (Å²) in [5, 5.41) is 3.53. The van der Waals surface area contributed by atoms with Crippen LogP contribution in [0, 0.1) is 0 Å². The molecule has 1 atom stereocenters. The van der Waals surface area contributed by atoms with Gasteiger partial charge in [0.25, 0.3) is 0 Å². The fraction of sp³-hybridized carbons (Fsp3) is 0.500. The van der Waals surface area contributed by atoms with Crippen LogP contribution in [0.3, 0.4) is 0 Å². The van der Waals surface area contributed by atoms with Crippen molar-refractivity contribution < 1.29 is 0 Å². The van der Waals surface area contributed by atoms with Crippen molar-refractivity contribution in [2.75, 3.05) is 6.54 Å². The zero-order valence-electron chi connectivity index (χ0n) is 8.52. The van der Waals surface area contributed by atoms with Crippen LogP contribution >= 0.6 is 15.9 Å². The van der Waals surface area contributed by atoms with E-state index in [1.54, 1.807) is 0 Å². The number of halogens is 1. The van der Waals surface area contributed by atoms with E-state index < -0.39 is 0 Å². The van der Waals surface area contributed by atoms with Crippen molar-refractivity contribution in [3.63, 3.8) is 0 Å². The van der Waals surface area contributed by atoms with Gasteiger partial charge < -0.3 is 5.32 Å². The van der Waals surface area contributed by atoms with Crippen LogP contribution in [-0.4, -0.2) is 12.6 Å². The van der Waals surface area contributed by atoms with Gasteiger partial charge in [0.05, 0.1) is 0 Å². The summed E-state index contributed by atoms with van der Waals surface area (Å²) in [7, 11) is 0. The van der Waals surface area contributed by atoms with E-state index in [2.05, 4.69) is 46.4 Å². The predicted octanol–water partition coefficient (Wildman–Crippen LogP) is 2.92. The highest BCUT2D eigenvalue weighted by Crippen LogP contribution is 2.24. The van der Waals surface area contributed by atoms with Crippen LogP contribution in [0.4, 0.5) is 0 Å². The van der Waals surface area contributed by atoms with Gasteiger partial charge in [-0.15, -0.1) is 0 Å². The molecule has 0 amide bonds. The number of nitrogens with one attached hydrogen (secondary N) is 1. The van der Waals surface area contributed by atoms with Crippen LogP contribution in [0.25, 0.3) is 0 Å². The van der Waals surface area contributed by atoms with Gasteiger partial charge in [-0.2, -0.15) is 0 Å². The van der Waals surface area contributed by atoms with Crippen LogP contribution in [0.15, 0.2) is 22.7 Å². The van der Waals surface area contributed by atoms with Gasteiger partial charge in [-0.3, -0.25) is 0 Å². The molecule has 0 saturated heterocycles. The fourth-order valence-electron chi connectivity index (χ4n) is 2.19. The Labute approximate surface area is 94.0 Å². The second-order valence-electron chi connectivity index (χ2n) is 3.91. The van der Waals surface area contributed by atoms with Crippen molar-refractivity contribution in [1.82, 2.24) is 5.32 Å². The smallest absolute Gasteiger partial charge is 0.0178 e.